The Labute approximate surface area is 85.7 Å². The van der Waals surface area contributed by atoms with E-state index >= 15 is 0 Å². The molecule has 80 valence electrons. The van der Waals surface area contributed by atoms with Crippen LogP contribution in [0.25, 0.3) is 0 Å². The molecule has 0 bridgehead atoms. The molecule has 0 aliphatic heterocycles. The third-order valence-electron chi connectivity index (χ3n) is 2.78. The molecule has 0 amide bonds. The summed E-state index contributed by atoms with van der Waals surface area (Å²) in [5.74, 6) is 0. The molecule has 0 aliphatic carbocycles. The molecule has 0 atom stereocenters. The van der Waals surface area contributed by atoms with Crippen molar-refractivity contribution in [1.29, 1.82) is 0 Å². The maximum absolute atomic E-state index is 5.62. The van der Waals surface area contributed by atoms with E-state index in [-0.39, 0.29) is 5.54 Å². The number of hydrogen-bond donors (Lipinski definition) is 1. The van der Waals surface area contributed by atoms with Crippen molar-refractivity contribution in [3.05, 3.63) is 18.2 Å². The standard InChI is InChI=1S/C10H20N4/c1-10(2,13(3)4)7-14-8-12-6-9(14)5-11/h6,8H,5,7,11H2,1-4H3. The summed E-state index contributed by atoms with van der Waals surface area (Å²) < 4.78 is 2.11. The summed E-state index contributed by atoms with van der Waals surface area (Å²) in [6.45, 7) is 5.86. The Bertz CT molecular complexity index is 288. The molecule has 1 aromatic heterocycles. The predicted octanol–water partition coefficient (Wildman–Crippen LogP) is 0.682. The second-order valence-corrected chi connectivity index (χ2v) is 4.42. The fraction of sp³-hybridized carbons (Fsp3) is 0.700. The minimum absolute atomic E-state index is 0.116. The van der Waals surface area contributed by atoms with Crippen LogP contribution >= 0.6 is 0 Å². The molecule has 0 fully saturated rings. The van der Waals surface area contributed by atoms with Gasteiger partial charge in [0.25, 0.3) is 0 Å². The lowest BCUT2D eigenvalue weighted by atomic mass is 10.0. The van der Waals surface area contributed by atoms with E-state index in [1.54, 1.807) is 0 Å². The van der Waals surface area contributed by atoms with Gasteiger partial charge in [0, 0.05) is 24.8 Å². The zero-order valence-electron chi connectivity index (χ0n) is 9.49. The predicted molar refractivity (Wildman–Crippen MR) is 57.9 cm³/mol. The van der Waals surface area contributed by atoms with Gasteiger partial charge in [-0.05, 0) is 27.9 Å². The maximum atomic E-state index is 5.62. The summed E-state index contributed by atoms with van der Waals surface area (Å²) in [5.41, 5.74) is 6.81. The van der Waals surface area contributed by atoms with Crippen LogP contribution in [-0.2, 0) is 13.1 Å². The van der Waals surface area contributed by atoms with Crippen molar-refractivity contribution in [3.63, 3.8) is 0 Å². The number of likely N-dealkylation sites (N-methyl/N-ethyl adjacent to an activating group) is 1. The molecular formula is C10H20N4. The summed E-state index contributed by atoms with van der Waals surface area (Å²) in [6, 6.07) is 0. The first kappa shape index (κ1) is 11.2. The van der Waals surface area contributed by atoms with Crippen LogP contribution in [0.5, 0.6) is 0 Å². The molecule has 0 radical (unpaired) electrons. The Kier molecular flexibility index (Phi) is 3.29. The van der Waals surface area contributed by atoms with Crippen molar-refractivity contribution >= 4 is 0 Å². The number of hydrogen-bond acceptors (Lipinski definition) is 3. The molecule has 4 heteroatoms. The van der Waals surface area contributed by atoms with Crippen molar-refractivity contribution in [2.45, 2.75) is 32.5 Å². The summed E-state index contributed by atoms with van der Waals surface area (Å²) in [7, 11) is 4.16. The third-order valence-corrected chi connectivity index (χ3v) is 2.78. The molecule has 1 aromatic rings. The van der Waals surface area contributed by atoms with Gasteiger partial charge in [-0.3, -0.25) is 0 Å². The highest BCUT2D eigenvalue weighted by Gasteiger charge is 2.21. The van der Waals surface area contributed by atoms with Gasteiger partial charge in [0.2, 0.25) is 0 Å². The zero-order valence-corrected chi connectivity index (χ0v) is 9.49. The van der Waals surface area contributed by atoms with E-state index in [1.807, 2.05) is 12.5 Å². The number of imidazole rings is 1. The first-order valence-corrected chi connectivity index (χ1v) is 4.84. The number of nitrogens with two attached hydrogens (primary N) is 1. The Morgan fingerprint density at radius 2 is 2.14 bits per heavy atom. The van der Waals surface area contributed by atoms with E-state index < -0.39 is 0 Å². The molecule has 0 spiro atoms. The van der Waals surface area contributed by atoms with E-state index in [1.165, 1.54) is 0 Å². The number of rotatable bonds is 4. The lowest BCUT2D eigenvalue weighted by Gasteiger charge is -2.33. The van der Waals surface area contributed by atoms with Gasteiger partial charge in [0.05, 0.1) is 12.0 Å². The summed E-state index contributed by atoms with van der Waals surface area (Å²) in [4.78, 5) is 6.30. The van der Waals surface area contributed by atoms with E-state index in [9.17, 15) is 0 Å². The molecule has 14 heavy (non-hydrogen) atoms. The molecule has 0 saturated carbocycles. The maximum Gasteiger partial charge on any atom is 0.0949 e. The van der Waals surface area contributed by atoms with Crippen LogP contribution in [0.3, 0.4) is 0 Å². The van der Waals surface area contributed by atoms with Crippen LogP contribution in [0.2, 0.25) is 0 Å². The van der Waals surface area contributed by atoms with Crippen molar-refractivity contribution in [2.75, 3.05) is 14.1 Å². The summed E-state index contributed by atoms with van der Waals surface area (Å²) in [6.07, 6.45) is 3.67. The highest BCUT2D eigenvalue weighted by atomic mass is 15.2. The molecule has 0 unspecified atom stereocenters. The number of nitrogens with zero attached hydrogens (tertiary/aromatic N) is 3. The molecule has 1 heterocycles. The lowest BCUT2D eigenvalue weighted by molar-refractivity contribution is 0.168. The van der Waals surface area contributed by atoms with E-state index in [4.69, 9.17) is 5.73 Å². The Hall–Kier alpha value is -0.870. The SMILES string of the molecule is CN(C)C(C)(C)Cn1cncc1CN. The largest absolute Gasteiger partial charge is 0.332 e. The topological polar surface area (TPSA) is 47.1 Å². The normalized spacial score (nSPS) is 12.4. The fourth-order valence-electron chi connectivity index (χ4n) is 1.22. The summed E-state index contributed by atoms with van der Waals surface area (Å²) >= 11 is 0. The van der Waals surface area contributed by atoms with Crippen LogP contribution in [0.15, 0.2) is 12.5 Å². The minimum Gasteiger partial charge on any atom is -0.332 e. The molecule has 1 rings (SSSR count). The van der Waals surface area contributed by atoms with Crippen molar-refractivity contribution < 1.29 is 0 Å². The highest BCUT2D eigenvalue weighted by Crippen LogP contribution is 2.14. The first-order chi connectivity index (χ1) is 6.47. The molecule has 0 aromatic carbocycles. The van der Waals surface area contributed by atoms with Gasteiger partial charge >= 0.3 is 0 Å². The van der Waals surface area contributed by atoms with Crippen LogP contribution in [-0.4, -0.2) is 34.1 Å². The fourth-order valence-corrected chi connectivity index (χ4v) is 1.22. The van der Waals surface area contributed by atoms with Gasteiger partial charge in [-0.15, -0.1) is 0 Å². The zero-order chi connectivity index (χ0) is 10.8. The monoisotopic (exact) mass is 196 g/mol. The first-order valence-electron chi connectivity index (χ1n) is 4.84. The van der Waals surface area contributed by atoms with E-state index in [0.717, 1.165) is 12.2 Å². The van der Waals surface area contributed by atoms with Gasteiger partial charge in [-0.1, -0.05) is 0 Å². The quantitative estimate of drug-likeness (QED) is 0.770. The molecule has 0 aliphatic rings. The second-order valence-electron chi connectivity index (χ2n) is 4.42. The molecule has 0 saturated heterocycles. The van der Waals surface area contributed by atoms with Crippen LogP contribution < -0.4 is 5.73 Å². The Morgan fingerprint density at radius 1 is 1.50 bits per heavy atom. The molecule has 4 nitrogen and oxygen atoms in total. The summed E-state index contributed by atoms with van der Waals surface area (Å²) in [5, 5.41) is 0. The Morgan fingerprint density at radius 3 is 2.64 bits per heavy atom. The minimum atomic E-state index is 0.116. The smallest absolute Gasteiger partial charge is 0.0949 e. The van der Waals surface area contributed by atoms with Crippen molar-refractivity contribution in [2.24, 2.45) is 5.73 Å². The van der Waals surface area contributed by atoms with Gasteiger partial charge in [-0.2, -0.15) is 0 Å². The van der Waals surface area contributed by atoms with Gasteiger partial charge in [0.1, 0.15) is 0 Å². The number of aromatic nitrogens is 2. The van der Waals surface area contributed by atoms with Crippen LogP contribution in [0, 0.1) is 0 Å². The average Bonchev–Trinajstić information content (AvgIpc) is 2.50. The highest BCUT2D eigenvalue weighted by molar-refractivity contribution is 4.99. The van der Waals surface area contributed by atoms with Crippen LogP contribution in [0.1, 0.15) is 19.5 Å². The van der Waals surface area contributed by atoms with Gasteiger partial charge < -0.3 is 15.2 Å². The molecular weight excluding hydrogens is 176 g/mol. The average molecular weight is 196 g/mol. The third kappa shape index (κ3) is 2.33. The second kappa shape index (κ2) is 4.11. The van der Waals surface area contributed by atoms with Gasteiger partial charge in [0.15, 0.2) is 0 Å². The van der Waals surface area contributed by atoms with E-state index in [2.05, 4.69) is 42.4 Å². The van der Waals surface area contributed by atoms with Gasteiger partial charge in [-0.25, -0.2) is 4.98 Å². The molecule has 2 N–H and O–H groups in total. The van der Waals surface area contributed by atoms with Crippen molar-refractivity contribution in [3.8, 4) is 0 Å². The van der Waals surface area contributed by atoms with Crippen molar-refractivity contribution in [1.82, 2.24) is 14.5 Å². The van der Waals surface area contributed by atoms with E-state index in [0.29, 0.717) is 6.54 Å². The Balaban J connectivity index is 2.78. The lowest BCUT2D eigenvalue weighted by Crippen LogP contribution is -2.42. The van der Waals surface area contributed by atoms with Crippen LogP contribution in [0.4, 0.5) is 0 Å².